The highest BCUT2D eigenvalue weighted by molar-refractivity contribution is 5.25. The van der Waals surface area contributed by atoms with Crippen molar-refractivity contribution in [3.8, 4) is 0 Å². The van der Waals surface area contributed by atoms with Gasteiger partial charge in [-0.3, -0.25) is 4.98 Å². The van der Waals surface area contributed by atoms with Crippen LogP contribution in [0.1, 0.15) is 35.7 Å². The quantitative estimate of drug-likeness (QED) is 0.863. The second-order valence-corrected chi connectivity index (χ2v) is 5.75. The van der Waals surface area contributed by atoms with Gasteiger partial charge >= 0.3 is 0 Å². The van der Waals surface area contributed by atoms with Gasteiger partial charge in [0.15, 0.2) is 0 Å². The zero-order chi connectivity index (χ0) is 13.8. The van der Waals surface area contributed by atoms with Crippen molar-refractivity contribution >= 4 is 0 Å². The van der Waals surface area contributed by atoms with Crippen LogP contribution in [0.3, 0.4) is 0 Å². The Balaban J connectivity index is 1.59. The second-order valence-electron chi connectivity index (χ2n) is 5.75. The number of aromatic nitrogens is 1. The molecule has 1 heterocycles. The van der Waals surface area contributed by atoms with Crippen molar-refractivity contribution in [1.82, 2.24) is 10.3 Å². The molecule has 0 spiro atoms. The van der Waals surface area contributed by atoms with Crippen LogP contribution in [0.2, 0.25) is 0 Å². The molecule has 0 saturated heterocycles. The van der Waals surface area contributed by atoms with Gasteiger partial charge in [-0.15, -0.1) is 0 Å². The molecule has 1 unspecified atom stereocenters. The number of hydrogen-bond donors (Lipinski definition) is 1. The topological polar surface area (TPSA) is 24.9 Å². The molecule has 1 N–H and O–H groups in total. The summed E-state index contributed by atoms with van der Waals surface area (Å²) in [5, 5.41) is 3.73. The van der Waals surface area contributed by atoms with Crippen molar-refractivity contribution in [1.29, 1.82) is 0 Å². The van der Waals surface area contributed by atoms with Crippen LogP contribution in [-0.2, 0) is 6.42 Å². The van der Waals surface area contributed by atoms with E-state index in [0.717, 1.165) is 18.9 Å². The lowest BCUT2D eigenvalue weighted by atomic mass is 10.0. The van der Waals surface area contributed by atoms with Gasteiger partial charge in [0, 0.05) is 30.9 Å². The van der Waals surface area contributed by atoms with E-state index < -0.39 is 0 Å². The van der Waals surface area contributed by atoms with Gasteiger partial charge in [0.05, 0.1) is 0 Å². The SMILES string of the molecule is Cc1ccc(C(NCCc2ccccn2)C2CC2)cc1. The summed E-state index contributed by atoms with van der Waals surface area (Å²) in [5.41, 5.74) is 3.93. The summed E-state index contributed by atoms with van der Waals surface area (Å²) < 4.78 is 0. The van der Waals surface area contributed by atoms with E-state index in [0.29, 0.717) is 6.04 Å². The molecule has 1 atom stereocenters. The Kier molecular flexibility index (Phi) is 4.12. The van der Waals surface area contributed by atoms with E-state index in [1.165, 1.54) is 29.7 Å². The number of hydrogen-bond acceptors (Lipinski definition) is 2. The Morgan fingerprint density at radius 2 is 1.95 bits per heavy atom. The molecule has 104 valence electrons. The monoisotopic (exact) mass is 266 g/mol. The van der Waals surface area contributed by atoms with Crippen LogP contribution in [0, 0.1) is 12.8 Å². The van der Waals surface area contributed by atoms with Crippen LogP contribution in [0.25, 0.3) is 0 Å². The van der Waals surface area contributed by atoms with Gasteiger partial charge in [-0.1, -0.05) is 35.9 Å². The zero-order valence-corrected chi connectivity index (χ0v) is 12.0. The van der Waals surface area contributed by atoms with Gasteiger partial charge in [0.1, 0.15) is 0 Å². The van der Waals surface area contributed by atoms with Crippen molar-refractivity contribution in [3.63, 3.8) is 0 Å². The molecule has 1 aliphatic rings. The fourth-order valence-corrected chi connectivity index (χ4v) is 2.66. The molecule has 2 nitrogen and oxygen atoms in total. The molecule has 3 rings (SSSR count). The van der Waals surface area contributed by atoms with Gasteiger partial charge in [0.2, 0.25) is 0 Å². The number of aryl methyl sites for hydroxylation is 1. The Morgan fingerprint density at radius 3 is 2.60 bits per heavy atom. The number of nitrogens with one attached hydrogen (secondary N) is 1. The maximum Gasteiger partial charge on any atom is 0.0416 e. The van der Waals surface area contributed by atoms with E-state index >= 15 is 0 Å². The van der Waals surface area contributed by atoms with E-state index in [-0.39, 0.29) is 0 Å². The normalized spacial score (nSPS) is 16.1. The largest absolute Gasteiger partial charge is 0.309 e. The fraction of sp³-hybridized carbons (Fsp3) is 0.389. The first-order valence-electron chi connectivity index (χ1n) is 7.53. The summed E-state index contributed by atoms with van der Waals surface area (Å²) in [6.07, 6.45) is 5.58. The highest BCUT2D eigenvalue weighted by atomic mass is 14.9. The standard InChI is InChI=1S/C18H22N2/c1-14-5-7-15(8-6-14)18(16-9-10-16)20-13-11-17-4-2-3-12-19-17/h2-8,12,16,18,20H,9-11,13H2,1H3. The third-order valence-corrected chi connectivity index (χ3v) is 4.00. The van der Waals surface area contributed by atoms with Crippen LogP contribution >= 0.6 is 0 Å². The highest BCUT2D eigenvalue weighted by Crippen LogP contribution is 2.40. The summed E-state index contributed by atoms with van der Waals surface area (Å²) in [6, 6.07) is 15.6. The lowest BCUT2D eigenvalue weighted by molar-refractivity contribution is 0.483. The molecule has 1 aliphatic carbocycles. The van der Waals surface area contributed by atoms with Gasteiger partial charge in [-0.25, -0.2) is 0 Å². The Morgan fingerprint density at radius 1 is 1.15 bits per heavy atom. The molecule has 0 amide bonds. The van der Waals surface area contributed by atoms with Gasteiger partial charge < -0.3 is 5.32 Å². The van der Waals surface area contributed by atoms with Crippen LogP contribution in [0.4, 0.5) is 0 Å². The van der Waals surface area contributed by atoms with Gasteiger partial charge in [0.25, 0.3) is 0 Å². The molecule has 2 aromatic rings. The van der Waals surface area contributed by atoms with Gasteiger partial charge in [-0.2, -0.15) is 0 Å². The molecule has 1 aromatic heterocycles. The molecular formula is C18H22N2. The summed E-state index contributed by atoms with van der Waals surface area (Å²) in [6.45, 7) is 3.14. The maximum absolute atomic E-state index is 4.38. The van der Waals surface area contributed by atoms with Crippen LogP contribution in [0.5, 0.6) is 0 Å². The van der Waals surface area contributed by atoms with Crippen LogP contribution < -0.4 is 5.32 Å². The minimum Gasteiger partial charge on any atom is -0.309 e. The first-order chi connectivity index (χ1) is 9.83. The molecule has 0 bridgehead atoms. The molecule has 1 aromatic carbocycles. The number of benzene rings is 1. The minimum absolute atomic E-state index is 0.513. The molecule has 0 radical (unpaired) electrons. The van der Waals surface area contributed by atoms with Crippen molar-refractivity contribution in [3.05, 3.63) is 65.5 Å². The summed E-state index contributed by atoms with van der Waals surface area (Å²) in [4.78, 5) is 4.38. The number of rotatable bonds is 6. The van der Waals surface area contributed by atoms with E-state index in [2.05, 4.69) is 53.6 Å². The Hall–Kier alpha value is -1.67. The van der Waals surface area contributed by atoms with E-state index in [4.69, 9.17) is 0 Å². The highest BCUT2D eigenvalue weighted by Gasteiger charge is 2.31. The van der Waals surface area contributed by atoms with E-state index in [9.17, 15) is 0 Å². The van der Waals surface area contributed by atoms with Gasteiger partial charge in [-0.05, 0) is 43.4 Å². The van der Waals surface area contributed by atoms with Crippen molar-refractivity contribution in [2.45, 2.75) is 32.2 Å². The van der Waals surface area contributed by atoms with Crippen molar-refractivity contribution in [2.24, 2.45) is 5.92 Å². The fourth-order valence-electron chi connectivity index (χ4n) is 2.66. The van der Waals surface area contributed by atoms with Crippen LogP contribution in [-0.4, -0.2) is 11.5 Å². The predicted molar refractivity (Wildman–Crippen MR) is 82.6 cm³/mol. The van der Waals surface area contributed by atoms with Crippen molar-refractivity contribution in [2.75, 3.05) is 6.54 Å². The predicted octanol–water partition coefficient (Wildman–Crippen LogP) is 3.67. The lowest BCUT2D eigenvalue weighted by Crippen LogP contribution is -2.25. The van der Waals surface area contributed by atoms with Crippen molar-refractivity contribution < 1.29 is 0 Å². The lowest BCUT2D eigenvalue weighted by Gasteiger charge is -2.19. The molecule has 1 saturated carbocycles. The van der Waals surface area contributed by atoms with E-state index in [1.807, 2.05) is 12.3 Å². The zero-order valence-electron chi connectivity index (χ0n) is 12.0. The number of nitrogens with zero attached hydrogens (tertiary/aromatic N) is 1. The molecular weight excluding hydrogens is 244 g/mol. The molecule has 0 aliphatic heterocycles. The second kappa shape index (κ2) is 6.19. The summed E-state index contributed by atoms with van der Waals surface area (Å²) in [5.74, 6) is 0.821. The third kappa shape index (κ3) is 3.45. The van der Waals surface area contributed by atoms with Crippen LogP contribution in [0.15, 0.2) is 48.7 Å². The third-order valence-electron chi connectivity index (χ3n) is 4.00. The Labute approximate surface area is 121 Å². The molecule has 1 fully saturated rings. The average Bonchev–Trinajstić information content (AvgIpc) is 3.31. The number of pyridine rings is 1. The smallest absolute Gasteiger partial charge is 0.0416 e. The van der Waals surface area contributed by atoms with E-state index in [1.54, 1.807) is 0 Å². The maximum atomic E-state index is 4.38. The first kappa shape index (κ1) is 13.3. The summed E-state index contributed by atoms with van der Waals surface area (Å²) >= 11 is 0. The average molecular weight is 266 g/mol. The first-order valence-corrected chi connectivity index (χ1v) is 7.53. The Bertz CT molecular complexity index is 529. The summed E-state index contributed by atoms with van der Waals surface area (Å²) in [7, 11) is 0. The minimum atomic E-state index is 0.513. The molecule has 20 heavy (non-hydrogen) atoms. The molecule has 2 heteroatoms.